The number of hydrogen-bond donors (Lipinski definition) is 0. The monoisotopic (exact) mass is 490 g/mol. The lowest BCUT2D eigenvalue weighted by Crippen LogP contribution is -2.44. The first-order valence-electron chi connectivity index (χ1n) is 13.4. The smallest absolute Gasteiger partial charge is 0.254 e. The van der Waals surface area contributed by atoms with Crippen LogP contribution >= 0.6 is 0 Å². The lowest BCUT2D eigenvalue weighted by Gasteiger charge is -2.34. The van der Waals surface area contributed by atoms with E-state index in [0.717, 1.165) is 42.2 Å². The van der Waals surface area contributed by atoms with Crippen LogP contribution in [0.5, 0.6) is 11.5 Å². The average Bonchev–Trinajstić information content (AvgIpc) is 3.54. The van der Waals surface area contributed by atoms with Gasteiger partial charge in [-0.15, -0.1) is 0 Å². The summed E-state index contributed by atoms with van der Waals surface area (Å²) >= 11 is 0. The minimum atomic E-state index is -0.0130. The Morgan fingerprint density at radius 3 is 2.56 bits per heavy atom. The van der Waals surface area contributed by atoms with E-state index in [2.05, 4.69) is 11.0 Å². The van der Waals surface area contributed by atoms with Gasteiger partial charge in [-0.25, -0.2) is 0 Å². The van der Waals surface area contributed by atoms with E-state index in [1.54, 1.807) is 26.4 Å². The first-order chi connectivity index (χ1) is 17.6. The van der Waals surface area contributed by atoms with Gasteiger partial charge in [0.15, 0.2) is 11.5 Å². The van der Waals surface area contributed by atoms with Crippen LogP contribution in [0.4, 0.5) is 0 Å². The summed E-state index contributed by atoms with van der Waals surface area (Å²) in [6, 6.07) is 15.8. The molecule has 2 fully saturated rings. The first kappa shape index (κ1) is 24.7. The number of rotatable bonds is 9. The topological polar surface area (TPSA) is 55.2 Å². The maximum Gasteiger partial charge on any atom is 0.254 e. The van der Waals surface area contributed by atoms with Crippen LogP contribution in [0.15, 0.2) is 52.9 Å². The molecule has 36 heavy (non-hydrogen) atoms. The average molecular weight is 491 g/mol. The molecule has 1 saturated heterocycles. The molecule has 1 aromatic heterocycles. The number of para-hydroxylation sites is 1. The van der Waals surface area contributed by atoms with Crippen LogP contribution in [0.1, 0.15) is 61.1 Å². The Morgan fingerprint density at radius 1 is 0.972 bits per heavy atom. The molecule has 0 N–H and O–H groups in total. The number of hydrogen-bond acceptors (Lipinski definition) is 5. The summed E-state index contributed by atoms with van der Waals surface area (Å²) in [5.41, 5.74) is 1.45. The molecule has 2 heterocycles. The van der Waals surface area contributed by atoms with Crippen molar-refractivity contribution < 1.29 is 18.7 Å². The largest absolute Gasteiger partial charge is 0.493 e. The van der Waals surface area contributed by atoms with Crippen LogP contribution in [-0.4, -0.2) is 55.6 Å². The molecule has 6 heteroatoms. The molecule has 1 atom stereocenters. The number of methoxy groups -OCH3 is 2. The highest BCUT2D eigenvalue weighted by Crippen LogP contribution is 2.31. The molecule has 0 unspecified atom stereocenters. The zero-order chi connectivity index (χ0) is 24.9. The predicted molar refractivity (Wildman–Crippen MR) is 142 cm³/mol. The second kappa shape index (κ2) is 11.4. The summed E-state index contributed by atoms with van der Waals surface area (Å²) in [5.74, 6) is 2.77. The SMILES string of the molecule is COc1ccc(C(=O)N(Cc2cc3ccccc3o2)C[C@@H]2CCCN2CC2CCCCC2)cc1OC. The molecular formula is C30H38N2O4. The van der Waals surface area contributed by atoms with E-state index in [1.165, 1.54) is 38.5 Å². The fraction of sp³-hybridized carbons (Fsp3) is 0.500. The van der Waals surface area contributed by atoms with Crippen LogP contribution in [-0.2, 0) is 6.54 Å². The van der Waals surface area contributed by atoms with Gasteiger partial charge < -0.3 is 18.8 Å². The Kier molecular flexibility index (Phi) is 7.81. The Labute approximate surface area is 214 Å². The van der Waals surface area contributed by atoms with Crippen LogP contribution < -0.4 is 9.47 Å². The second-order valence-corrected chi connectivity index (χ2v) is 10.3. The van der Waals surface area contributed by atoms with Crippen molar-refractivity contribution in [2.75, 3.05) is 33.9 Å². The van der Waals surface area contributed by atoms with E-state index in [1.807, 2.05) is 35.2 Å². The maximum atomic E-state index is 13.9. The summed E-state index contributed by atoms with van der Waals surface area (Å²) < 4.78 is 17.0. The van der Waals surface area contributed by atoms with Crippen LogP contribution in [0, 0.1) is 5.92 Å². The summed E-state index contributed by atoms with van der Waals surface area (Å²) in [7, 11) is 3.20. The number of carbonyl (C=O) groups excluding carboxylic acids is 1. The van der Waals surface area contributed by atoms with Crippen molar-refractivity contribution in [1.29, 1.82) is 0 Å². The molecule has 0 radical (unpaired) electrons. The van der Waals surface area contributed by atoms with Gasteiger partial charge in [0, 0.05) is 30.1 Å². The van der Waals surface area contributed by atoms with Gasteiger partial charge in [0.05, 0.1) is 20.8 Å². The van der Waals surface area contributed by atoms with Gasteiger partial charge >= 0.3 is 0 Å². The van der Waals surface area contributed by atoms with E-state index in [-0.39, 0.29) is 5.91 Å². The molecule has 0 spiro atoms. The molecule has 1 amide bonds. The summed E-state index contributed by atoms with van der Waals surface area (Å²) in [5, 5.41) is 1.06. The summed E-state index contributed by atoms with van der Waals surface area (Å²) in [4.78, 5) is 18.5. The van der Waals surface area contributed by atoms with Crippen molar-refractivity contribution in [1.82, 2.24) is 9.80 Å². The minimum Gasteiger partial charge on any atom is -0.493 e. The molecule has 2 aromatic carbocycles. The van der Waals surface area contributed by atoms with Crippen molar-refractivity contribution in [3.8, 4) is 11.5 Å². The molecule has 3 aromatic rings. The molecule has 1 aliphatic heterocycles. The molecule has 5 rings (SSSR count). The van der Waals surface area contributed by atoms with Gasteiger partial charge in [0.25, 0.3) is 5.91 Å². The number of ether oxygens (including phenoxy) is 2. The Balaban J connectivity index is 1.38. The predicted octanol–water partition coefficient (Wildman–Crippen LogP) is 6.14. The quantitative estimate of drug-likeness (QED) is 0.361. The minimum absolute atomic E-state index is 0.0130. The number of carbonyl (C=O) groups is 1. The molecule has 1 aliphatic carbocycles. The van der Waals surface area contributed by atoms with E-state index in [9.17, 15) is 4.79 Å². The highest BCUT2D eigenvalue weighted by atomic mass is 16.5. The number of likely N-dealkylation sites (tertiary alicyclic amines) is 1. The Morgan fingerprint density at radius 2 is 1.78 bits per heavy atom. The second-order valence-electron chi connectivity index (χ2n) is 10.3. The molecule has 6 nitrogen and oxygen atoms in total. The van der Waals surface area contributed by atoms with E-state index in [0.29, 0.717) is 36.2 Å². The Hall–Kier alpha value is -2.99. The van der Waals surface area contributed by atoms with Gasteiger partial charge in [-0.3, -0.25) is 9.69 Å². The molecule has 0 bridgehead atoms. The Bertz CT molecular complexity index is 1130. The molecule has 192 valence electrons. The van der Waals surface area contributed by atoms with Gasteiger partial charge in [-0.2, -0.15) is 0 Å². The third-order valence-electron chi connectivity index (χ3n) is 7.89. The van der Waals surface area contributed by atoms with Crippen LogP contribution in [0.25, 0.3) is 11.0 Å². The number of fused-ring (bicyclic) bond motifs is 1. The third-order valence-corrected chi connectivity index (χ3v) is 7.89. The third kappa shape index (κ3) is 5.54. The van der Waals surface area contributed by atoms with E-state index in [4.69, 9.17) is 13.9 Å². The van der Waals surface area contributed by atoms with Crippen molar-refractivity contribution in [3.63, 3.8) is 0 Å². The van der Waals surface area contributed by atoms with Gasteiger partial charge in [0.2, 0.25) is 0 Å². The highest BCUT2D eigenvalue weighted by Gasteiger charge is 2.31. The zero-order valence-corrected chi connectivity index (χ0v) is 21.6. The molecular weight excluding hydrogens is 452 g/mol. The van der Waals surface area contributed by atoms with Crippen molar-refractivity contribution in [3.05, 3.63) is 59.9 Å². The lowest BCUT2D eigenvalue weighted by atomic mass is 9.89. The fourth-order valence-corrected chi connectivity index (χ4v) is 5.97. The standard InChI is InChI=1S/C30H38N2O4/c1-34-28-15-14-24(18-29(28)35-2)30(33)32(21-26-17-23-11-6-7-13-27(23)36-26)20-25-12-8-16-31(25)19-22-9-4-3-5-10-22/h6-7,11,13-15,17-18,22,25H,3-5,8-10,12,16,19-21H2,1-2H3/t25-/m0/s1. The maximum absolute atomic E-state index is 13.9. The lowest BCUT2D eigenvalue weighted by molar-refractivity contribution is 0.0663. The van der Waals surface area contributed by atoms with Gasteiger partial charge in [-0.05, 0) is 68.5 Å². The van der Waals surface area contributed by atoms with Gasteiger partial charge in [0.1, 0.15) is 11.3 Å². The number of amides is 1. The van der Waals surface area contributed by atoms with Crippen molar-refractivity contribution >= 4 is 16.9 Å². The van der Waals surface area contributed by atoms with Crippen LogP contribution in [0.3, 0.4) is 0 Å². The number of furan rings is 1. The van der Waals surface area contributed by atoms with Crippen molar-refractivity contribution in [2.24, 2.45) is 5.92 Å². The summed E-state index contributed by atoms with van der Waals surface area (Å²) in [6.45, 7) is 3.42. The first-order valence-corrected chi connectivity index (χ1v) is 13.4. The zero-order valence-electron chi connectivity index (χ0n) is 21.6. The molecule has 2 aliphatic rings. The normalized spacial score (nSPS) is 19.0. The highest BCUT2D eigenvalue weighted by molar-refractivity contribution is 5.95. The van der Waals surface area contributed by atoms with Crippen molar-refractivity contribution in [2.45, 2.75) is 57.5 Å². The summed E-state index contributed by atoms with van der Waals surface area (Å²) in [6.07, 6.45) is 9.11. The van der Waals surface area contributed by atoms with Crippen LogP contribution in [0.2, 0.25) is 0 Å². The van der Waals surface area contributed by atoms with E-state index < -0.39 is 0 Å². The van der Waals surface area contributed by atoms with Gasteiger partial charge in [-0.1, -0.05) is 37.5 Å². The number of benzene rings is 2. The fourth-order valence-electron chi connectivity index (χ4n) is 5.97. The van der Waals surface area contributed by atoms with E-state index >= 15 is 0 Å². The number of nitrogens with zero attached hydrogens (tertiary/aromatic N) is 2. The molecule has 1 saturated carbocycles.